The second-order valence-corrected chi connectivity index (χ2v) is 3.25. The highest BCUT2D eigenvalue weighted by Crippen LogP contribution is 2.31. The third-order valence-corrected chi connectivity index (χ3v) is 2.14. The highest BCUT2D eigenvalue weighted by Gasteiger charge is 2.33. The first kappa shape index (κ1) is 12.6. The number of hydroxylamine groups is 1. The quantitative estimate of drug-likeness (QED) is 0.737. The molecule has 88 valence electrons. The van der Waals surface area contributed by atoms with E-state index in [0.29, 0.717) is 11.1 Å². The minimum absolute atomic E-state index is 0.116. The minimum atomic E-state index is -4.40. The van der Waals surface area contributed by atoms with Gasteiger partial charge in [-0.2, -0.15) is 18.7 Å². The molecule has 5 heteroatoms. The second kappa shape index (κ2) is 4.57. The maximum Gasteiger partial charge on any atom is 0.416 e. The van der Waals surface area contributed by atoms with Crippen molar-refractivity contribution in [3.05, 3.63) is 47.3 Å². The Morgan fingerprint density at radius 2 is 1.94 bits per heavy atom. The average molecular weight is 231 g/mol. The molecule has 0 aromatic rings. The van der Waals surface area contributed by atoms with Crippen LogP contribution in [0.5, 0.6) is 0 Å². The Kier molecular flexibility index (Phi) is 3.59. The van der Waals surface area contributed by atoms with Gasteiger partial charge in [0.05, 0.1) is 5.57 Å². The lowest BCUT2D eigenvalue weighted by Crippen LogP contribution is -2.12. The monoisotopic (exact) mass is 231 g/mol. The van der Waals surface area contributed by atoms with Gasteiger partial charge in [-0.15, -0.1) is 0 Å². The molecule has 0 spiro atoms. The highest BCUT2D eigenvalue weighted by molar-refractivity contribution is 5.48. The lowest BCUT2D eigenvalue weighted by Gasteiger charge is -2.10. The van der Waals surface area contributed by atoms with Crippen LogP contribution in [0.3, 0.4) is 0 Å². The molecule has 0 fully saturated rings. The van der Waals surface area contributed by atoms with Gasteiger partial charge >= 0.3 is 6.18 Å². The number of rotatable bonds is 2. The summed E-state index contributed by atoms with van der Waals surface area (Å²) in [6, 6.07) is 0. The van der Waals surface area contributed by atoms with Crippen LogP contribution in [0.1, 0.15) is 6.92 Å². The van der Waals surface area contributed by atoms with Gasteiger partial charge in [-0.1, -0.05) is 12.7 Å². The molecular weight excluding hydrogens is 219 g/mol. The van der Waals surface area contributed by atoms with E-state index in [0.717, 1.165) is 12.2 Å². The Hall–Kier alpha value is -1.49. The van der Waals surface area contributed by atoms with Crippen molar-refractivity contribution in [3.63, 3.8) is 0 Å². The molecule has 0 aliphatic heterocycles. The summed E-state index contributed by atoms with van der Waals surface area (Å²) in [7, 11) is 1.47. The van der Waals surface area contributed by atoms with Gasteiger partial charge in [0.1, 0.15) is 0 Å². The number of halogens is 3. The Labute approximate surface area is 91.7 Å². The standard InChI is InChI=1S/C11H12F3NO/c1-7-4-5-9(11(12,13)14)6-10(8(7)2)16-15-3/h4-6,15H,1H2,2-3H3. The van der Waals surface area contributed by atoms with Crippen LogP contribution in [-0.2, 0) is 4.84 Å². The summed E-state index contributed by atoms with van der Waals surface area (Å²) >= 11 is 0. The third kappa shape index (κ3) is 2.76. The summed E-state index contributed by atoms with van der Waals surface area (Å²) in [6.45, 7) is 5.30. The summed E-state index contributed by atoms with van der Waals surface area (Å²) in [4.78, 5) is 4.92. The molecule has 16 heavy (non-hydrogen) atoms. The summed E-state index contributed by atoms with van der Waals surface area (Å²) in [5, 5.41) is 0. The maximum atomic E-state index is 12.5. The smallest absolute Gasteiger partial charge is 0.409 e. The maximum absolute atomic E-state index is 12.5. The summed E-state index contributed by atoms with van der Waals surface area (Å²) in [5.41, 5.74) is 2.63. The van der Waals surface area contributed by atoms with Crippen molar-refractivity contribution in [2.45, 2.75) is 13.1 Å². The van der Waals surface area contributed by atoms with Crippen LogP contribution in [-0.4, -0.2) is 13.2 Å². The van der Waals surface area contributed by atoms with Crippen LogP contribution in [0.25, 0.3) is 0 Å². The van der Waals surface area contributed by atoms with Gasteiger partial charge in [-0.3, -0.25) is 0 Å². The minimum Gasteiger partial charge on any atom is -0.409 e. The Morgan fingerprint density at radius 1 is 1.31 bits per heavy atom. The van der Waals surface area contributed by atoms with Crippen molar-refractivity contribution >= 4 is 0 Å². The van der Waals surface area contributed by atoms with E-state index in [1.54, 1.807) is 6.92 Å². The molecule has 1 aliphatic carbocycles. The molecule has 0 saturated carbocycles. The second-order valence-electron chi connectivity index (χ2n) is 3.25. The number of hydrogen-bond acceptors (Lipinski definition) is 2. The van der Waals surface area contributed by atoms with Crippen molar-refractivity contribution < 1.29 is 18.0 Å². The molecule has 2 nitrogen and oxygen atoms in total. The van der Waals surface area contributed by atoms with Crippen LogP contribution in [0.2, 0.25) is 0 Å². The van der Waals surface area contributed by atoms with Crippen LogP contribution in [0.4, 0.5) is 13.2 Å². The highest BCUT2D eigenvalue weighted by atomic mass is 19.4. The Bertz CT molecular complexity index is 389. The summed E-state index contributed by atoms with van der Waals surface area (Å²) in [5.74, 6) is 0.116. The molecule has 0 saturated heterocycles. The van der Waals surface area contributed by atoms with E-state index < -0.39 is 11.7 Å². The van der Waals surface area contributed by atoms with Gasteiger partial charge in [-0.25, -0.2) is 0 Å². The Morgan fingerprint density at radius 3 is 2.44 bits per heavy atom. The SMILES string of the molecule is C=C1C=CC(C(F)(F)F)=CC(ONC)=C1C. The molecular formula is C11H12F3NO. The van der Waals surface area contributed by atoms with E-state index in [9.17, 15) is 13.2 Å². The summed E-state index contributed by atoms with van der Waals surface area (Å²) < 4.78 is 37.6. The van der Waals surface area contributed by atoms with Crippen molar-refractivity contribution in [1.29, 1.82) is 0 Å². The van der Waals surface area contributed by atoms with Crippen LogP contribution in [0.15, 0.2) is 47.3 Å². The molecule has 0 amide bonds. The topological polar surface area (TPSA) is 21.3 Å². The number of alkyl halides is 3. The first-order valence-electron chi connectivity index (χ1n) is 4.57. The van der Waals surface area contributed by atoms with Crippen molar-refractivity contribution in [2.75, 3.05) is 7.05 Å². The zero-order valence-corrected chi connectivity index (χ0v) is 8.98. The van der Waals surface area contributed by atoms with Crippen molar-refractivity contribution in [2.24, 2.45) is 0 Å². The zero-order chi connectivity index (χ0) is 12.3. The van der Waals surface area contributed by atoms with Crippen molar-refractivity contribution in [3.8, 4) is 0 Å². The molecule has 1 rings (SSSR count). The van der Waals surface area contributed by atoms with Gasteiger partial charge in [0.25, 0.3) is 0 Å². The molecule has 0 atom stereocenters. The van der Waals surface area contributed by atoms with E-state index in [4.69, 9.17) is 4.84 Å². The van der Waals surface area contributed by atoms with Gasteiger partial charge in [0.2, 0.25) is 0 Å². The predicted octanol–water partition coefficient (Wildman–Crippen LogP) is 3.03. The zero-order valence-electron chi connectivity index (χ0n) is 8.98. The molecule has 1 N–H and O–H groups in total. The average Bonchev–Trinajstić information content (AvgIpc) is 2.31. The van der Waals surface area contributed by atoms with Gasteiger partial charge in [-0.05, 0) is 24.6 Å². The van der Waals surface area contributed by atoms with Crippen molar-refractivity contribution in [1.82, 2.24) is 5.48 Å². The lowest BCUT2D eigenvalue weighted by atomic mass is 10.1. The fourth-order valence-corrected chi connectivity index (χ4v) is 1.16. The first-order valence-corrected chi connectivity index (χ1v) is 4.57. The molecule has 0 radical (unpaired) electrons. The molecule has 0 heterocycles. The molecule has 0 bridgehead atoms. The fraction of sp³-hybridized carbons (Fsp3) is 0.273. The number of allylic oxidation sites excluding steroid dienone is 6. The van der Waals surface area contributed by atoms with E-state index >= 15 is 0 Å². The van der Waals surface area contributed by atoms with Gasteiger partial charge in [0, 0.05) is 12.6 Å². The Balaban J connectivity index is 3.20. The normalized spacial score (nSPS) is 17.3. The largest absolute Gasteiger partial charge is 0.416 e. The van der Waals surface area contributed by atoms with Crippen LogP contribution in [0, 0.1) is 0 Å². The number of hydrogen-bond donors (Lipinski definition) is 1. The molecule has 1 aliphatic rings. The summed E-state index contributed by atoms with van der Waals surface area (Å²) in [6.07, 6.45) is -1.15. The first-order chi connectivity index (χ1) is 7.36. The molecule has 0 unspecified atom stereocenters. The van der Waals surface area contributed by atoms with E-state index in [1.807, 2.05) is 0 Å². The van der Waals surface area contributed by atoms with Crippen LogP contribution >= 0.6 is 0 Å². The van der Waals surface area contributed by atoms with E-state index in [2.05, 4.69) is 12.1 Å². The molecule has 0 aromatic heterocycles. The van der Waals surface area contributed by atoms with Gasteiger partial charge < -0.3 is 4.84 Å². The predicted molar refractivity (Wildman–Crippen MR) is 55.3 cm³/mol. The van der Waals surface area contributed by atoms with Crippen LogP contribution < -0.4 is 5.48 Å². The van der Waals surface area contributed by atoms with E-state index in [-0.39, 0.29) is 5.76 Å². The van der Waals surface area contributed by atoms with E-state index in [1.165, 1.54) is 13.1 Å². The molecule has 0 aromatic carbocycles. The number of nitrogens with one attached hydrogen (secondary N) is 1. The fourth-order valence-electron chi connectivity index (χ4n) is 1.16. The van der Waals surface area contributed by atoms with Gasteiger partial charge in [0.15, 0.2) is 5.76 Å². The third-order valence-electron chi connectivity index (χ3n) is 2.14. The lowest BCUT2D eigenvalue weighted by molar-refractivity contribution is -0.0885.